The normalized spacial score (nSPS) is 15.3. The first-order valence-electron chi connectivity index (χ1n) is 8.25. The van der Waals surface area contributed by atoms with Crippen LogP contribution >= 0.6 is 0 Å². The van der Waals surface area contributed by atoms with E-state index >= 15 is 4.39 Å². The predicted octanol–water partition coefficient (Wildman–Crippen LogP) is 5.28. The van der Waals surface area contributed by atoms with E-state index in [0.29, 0.717) is 11.3 Å². The van der Waals surface area contributed by atoms with E-state index in [1.54, 1.807) is 38.5 Å². The van der Waals surface area contributed by atoms with Gasteiger partial charge in [0.05, 0.1) is 7.11 Å². The maximum atomic E-state index is 15.9. The molecule has 126 valence electrons. The van der Waals surface area contributed by atoms with Crippen LogP contribution in [0.5, 0.6) is 5.75 Å². The van der Waals surface area contributed by atoms with Crippen molar-refractivity contribution in [3.63, 3.8) is 0 Å². The summed E-state index contributed by atoms with van der Waals surface area (Å²) < 4.78 is 27.0. The largest absolute Gasteiger partial charge is 0.497 e. The van der Waals surface area contributed by atoms with Crippen LogP contribution in [-0.2, 0) is 10.3 Å². The fourth-order valence-corrected chi connectivity index (χ4v) is 3.83. The van der Waals surface area contributed by atoms with Crippen molar-refractivity contribution in [2.45, 2.75) is 11.8 Å². The van der Waals surface area contributed by atoms with Crippen LogP contribution in [0, 0.1) is 0 Å². The zero-order valence-electron chi connectivity index (χ0n) is 14.2. The maximum absolute atomic E-state index is 15.9. The highest BCUT2D eigenvalue weighted by atomic mass is 19.1. The van der Waals surface area contributed by atoms with Gasteiger partial charge < -0.3 is 9.47 Å². The summed E-state index contributed by atoms with van der Waals surface area (Å²) in [7, 11) is 3.18. The molecule has 0 heterocycles. The molecule has 3 heteroatoms. The lowest BCUT2D eigenvalue weighted by atomic mass is 9.83. The topological polar surface area (TPSA) is 18.5 Å². The number of rotatable bonds is 4. The van der Waals surface area contributed by atoms with Gasteiger partial charge in [0.25, 0.3) is 0 Å². The average molecular weight is 334 g/mol. The number of halogens is 1. The molecule has 0 aliphatic heterocycles. The van der Waals surface area contributed by atoms with Gasteiger partial charge in [-0.1, -0.05) is 60.7 Å². The lowest BCUT2D eigenvalue weighted by molar-refractivity contribution is -0.0420. The van der Waals surface area contributed by atoms with E-state index in [1.165, 1.54) is 0 Å². The van der Waals surface area contributed by atoms with Crippen LogP contribution in [-0.4, -0.2) is 14.2 Å². The molecule has 1 aliphatic rings. The van der Waals surface area contributed by atoms with Crippen LogP contribution in [0.4, 0.5) is 4.39 Å². The molecule has 0 spiro atoms. The van der Waals surface area contributed by atoms with E-state index in [-0.39, 0.29) is 0 Å². The van der Waals surface area contributed by atoms with Gasteiger partial charge in [0.2, 0.25) is 0 Å². The highest BCUT2D eigenvalue weighted by Gasteiger charge is 2.50. The Labute approximate surface area is 146 Å². The second-order valence-electron chi connectivity index (χ2n) is 6.17. The summed E-state index contributed by atoms with van der Waals surface area (Å²) in [4.78, 5) is 0. The predicted molar refractivity (Wildman–Crippen MR) is 96.5 cm³/mol. The Morgan fingerprint density at radius 2 is 1.28 bits per heavy atom. The summed E-state index contributed by atoms with van der Waals surface area (Å²) in [5.41, 5.74) is 3.19. The number of hydrogen-bond acceptors (Lipinski definition) is 2. The summed E-state index contributed by atoms with van der Waals surface area (Å²) in [6.45, 7) is 0. The van der Waals surface area contributed by atoms with Crippen LogP contribution in [0.2, 0.25) is 0 Å². The lowest BCUT2D eigenvalue weighted by Crippen LogP contribution is -2.33. The number of methoxy groups -OCH3 is 2. The molecule has 0 fully saturated rings. The Bertz CT molecular complexity index is 856. The van der Waals surface area contributed by atoms with E-state index in [0.717, 1.165) is 22.3 Å². The quantitative estimate of drug-likeness (QED) is 0.646. The third kappa shape index (κ3) is 2.19. The van der Waals surface area contributed by atoms with Gasteiger partial charge in [-0.2, -0.15) is 0 Å². The van der Waals surface area contributed by atoms with Crippen LogP contribution < -0.4 is 4.74 Å². The molecule has 0 saturated carbocycles. The molecule has 4 rings (SSSR count). The molecule has 2 nitrogen and oxygen atoms in total. The molecule has 25 heavy (non-hydrogen) atoms. The standard InChI is InChI=1S/C22H19FO2/c1-24-16-13-11-15(12-14-16)21(23)22(25-2)19-9-5-3-7-17(19)18-8-4-6-10-20(18)22/h3-14,21H,1-2H3. The third-order valence-electron chi connectivity index (χ3n) is 5.03. The lowest BCUT2D eigenvalue weighted by Gasteiger charge is -2.34. The minimum absolute atomic E-state index is 0.564. The summed E-state index contributed by atoms with van der Waals surface area (Å²) in [6, 6.07) is 22.8. The molecule has 1 aliphatic carbocycles. The molecule has 0 bridgehead atoms. The van der Waals surface area contributed by atoms with E-state index < -0.39 is 11.8 Å². The minimum atomic E-state index is -1.34. The number of alkyl halides is 1. The number of ether oxygens (including phenoxy) is 2. The molecule has 1 atom stereocenters. The van der Waals surface area contributed by atoms with Crippen LogP contribution in [0.3, 0.4) is 0 Å². The number of hydrogen-bond donors (Lipinski definition) is 0. The SMILES string of the molecule is COc1ccc(C(F)C2(OC)c3ccccc3-c3ccccc32)cc1. The Morgan fingerprint density at radius 1 is 0.760 bits per heavy atom. The van der Waals surface area contributed by atoms with Gasteiger partial charge in [-0.05, 0) is 39.9 Å². The highest BCUT2D eigenvalue weighted by Crippen LogP contribution is 2.56. The highest BCUT2D eigenvalue weighted by molar-refractivity contribution is 5.80. The number of fused-ring (bicyclic) bond motifs is 3. The van der Waals surface area contributed by atoms with Gasteiger partial charge in [-0.3, -0.25) is 0 Å². The van der Waals surface area contributed by atoms with Gasteiger partial charge in [-0.15, -0.1) is 0 Å². The van der Waals surface area contributed by atoms with Crippen molar-refractivity contribution in [2.24, 2.45) is 0 Å². The van der Waals surface area contributed by atoms with Crippen LogP contribution in [0.15, 0.2) is 72.8 Å². The van der Waals surface area contributed by atoms with Crippen molar-refractivity contribution >= 4 is 0 Å². The zero-order chi connectivity index (χ0) is 17.4. The Kier molecular flexibility index (Phi) is 3.81. The fourth-order valence-electron chi connectivity index (χ4n) is 3.83. The van der Waals surface area contributed by atoms with Gasteiger partial charge in [-0.25, -0.2) is 4.39 Å². The second kappa shape index (κ2) is 6.01. The van der Waals surface area contributed by atoms with Crippen molar-refractivity contribution in [3.05, 3.63) is 89.5 Å². The molecular formula is C22H19FO2. The van der Waals surface area contributed by atoms with Crippen molar-refractivity contribution in [1.29, 1.82) is 0 Å². The smallest absolute Gasteiger partial charge is 0.162 e. The molecule has 3 aromatic carbocycles. The first kappa shape index (κ1) is 15.9. The fraction of sp³-hybridized carbons (Fsp3) is 0.182. The molecule has 0 amide bonds. The van der Waals surface area contributed by atoms with E-state index in [4.69, 9.17) is 9.47 Å². The van der Waals surface area contributed by atoms with Crippen LogP contribution in [0.1, 0.15) is 22.9 Å². The number of benzene rings is 3. The molecule has 1 unspecified atom stereocenters. The van der Waals surface area contributed by atoms with Gasteiger partial charge in [0.15, 0.2) is 11.8 Å². The van der Waals surface area contributed by atoms with E-state index in [2.05, 4.69) is 0 Å². The zero-order valence-corrected chi connectivity index (χ0v) is 14.2. The van der Waals surface area contributed by atoms with E-state index in [9.17, 15) is 0 Å². The summed E-state index contributed by atoms with van der Waals surface area (Å²) in [5.74, 6) is 0.703. The second-order valence-corrected chi connectivity index (χ2v) is 6.17. The summed E-state index contributed by atoms with van der Waals surface area (Å²) >= 11 is 0. The Hall–Kier alpha value is -2.65. The minimum Gasteiger partial charge on any atom is -0.497 e. The van der Waals surface area contributed by atoms with Gasteiger partial charge in [0, 0.05) is 7.11 Å². The monoisotopic (exact) mass is 334 g/mol. The van der Waals surface area contributed by atoms with Crippen LogP contribution in [0.25, 0.3) is 11.1 Å². The van der Waals surface area contributed by atoms with Crippen molar-refractivity contribution in [3.8, 4) is 16.9 Å². The van der Waals surface area contributed by atoms with Gasteiger partial charge >= 0.3 is 0 Å². The average Bonchev–Trinajstić information content (AvgIpc) is 2.98. The van der Waals surface area contributed by atoms with Gasteiger partial charge in [0.1, 0.15) is 5.75 Å². The molecular weight excluding hydrogens is 315 g/mol. The maximum Gasteiger partial charge on any atom is 0.162 e. The van der Waals surface area contributed by atoms with Crippen molar-refractivity contribution in [1.82, 2.24) is 0 Å². The van der Waals surface area contributed by atoms with Crippen molar-refractivity contribution in [2.75, 3.05) is 14.2 Å². The Balaban J connectivity index is 1.93. The molecule has 3 aromatic rings. The summed E-state index contributed by atoms with van der Waals surface area (Å²) in [5, 5.41) is 0. The molecule has 0 radical (unpaired) electrons. The molecule has 0 saturated heterocycles. The molecule has 0 N–H and O–H groups in total. The van der Waals surface area contributed by atoms with Crippen molar-refractivity contribution < 1.29 is 13.9 Å². The third-order valence-corrected chi connectivity index (χ3v) is 5.03. The van der Waals surface area contributed by atoms with E-state index in [1.807, 2.05) is 48.5 Å². The Morgan fingerprint density at radius 3 is 1.76 bits per heavy atom. The molecule has 0 aromatic heterocycles. The first-order chi connectivity index (χ1) is 12.2. The first-order valence-corrected chi connectivity index (χ1v) is 8.25. The summed E-state index contributed by atoms with van der Waals surface area (Å²) in [6.07, 6.45) is -1.34.